The molecule has 2 N–H and O–H groups in total. The highest BCUT2D eigenvalue weighted by Crippen LogP contribution is 2.25. The van der Waals surface area contributed by atoms with E-state index in [4.69, 9.17) is 16.9 Å². The number of nitrogens with zero attached hydrogens (tertiary/aromatic N) is 1. The third-order valence-electron chi connectivity index (χ3n) is 2.22. The van der Waals surface area contributed by atoms with E-state index in [1.54, 1.807) is 6.07 Å². The third-order valence-corrected chi connectivity index (χ3v) is 2.55. The number of hydrogen-bond donors (Lipinski definition) is 2. The van der Waals surface area contributed by atoms with Crippen molar-refractivity contribution >= 4 is 23.4 Å². The molecule has 19 heavy (non-hydrogen) atoms. The van der Waals surface area contributed by atoms with Crippen LogP contribution in [0.4, 0.5) is 4.39 Å². The minimum atomic E-state index is -1.21. The van der Waals surface area contributed by atoms with Crippen molar-refractivity contribution in [3.05, 3.63) is 34.6 Å². The van der Waals surface area contributed by atoms with Gasteiger partial charge in [-0.25, -0.2) is 4.39 Å². The zero-order valence-electron chi connectivity index (χ0n) is 10.0. The van der Waals surface area contributed by atoms with E-state index in [9.17, 15) is 14.0 Å². The van der Waals surface area contributed by atoms with Gasteiger partial charge in [-0.2, -0.15) is 5.26 Å². The lowest BCUT2D eigenvalue weighted by Gasteiger charge is -2.14. The van der Waals surface area contributed by atoms with Crippen LogP contribution in [0.25, 0.3) is 0 Å². The molecular weight excluding hydrogens is 273 g/mol. The minimum absolute atomic E-state index is 0.0476. The van der Waals surface area contributed by atoms with Crippen molar-refractivity contribution in [2.75, 3.05) is 6.54 Å². The molecule has 0 aliphatic rings. The zero-order chi connectivity index (χ0) is 14.4. The van der Waals surface area contributed by atoms with Crippen molar-refractivity contribution in [1.82, 2.24) is 10.6 Å². The second-order valence-electron chi connectivity index (χ2n) is 3.67. The molecule has 1 atom stereocenters. The topological polar surface area (TPSA) is 82.0 Å². The third kappa shape index (κ3) is 4.23. The van der Waals surface area contributed by atoms with Gasteiger partial charge in [0.25, 0.3) is 0 Å². The van der Waals surface area contributed by atoms with Crippen molar-refractivity contribution in [3.63, 3.8) is 0 Å². The first kappa shape index (κ1) is 14.9. The van der Waals surface area contributed by atoms with Crippen LogP contribution in [0.5, 0.6) is 0 Å². The lowest BCUT2D eigenvalue weighted by molar-refractivity contribution is -0.125. The van der Waals surface area contributed by atoms with Crippen molar-refractivity contribution in [2.24, 2.45) is 0 Å². The molecule has 0 saturated carbocycles. The Labute approximate surface area is 114 Å². The molecule has 5 nitrogen and oxygen atoms in total. The maximum Gasteiger partial charge on any atom is 0.240 e. The molecular formula is C12H11ClFN3O2. The molecule has 0 aromatic heterocycles. The highest BCUT2D eigenvalue weighted by atomic mass is 35.5. The fourth-order valence-electron chi connectivity index (χ4n) is 1.37. The second-order valence-corrected chi connectivity index (χ2v) is 4.08. The summed E-state index contributed by atoms with van der Waals surface area (Å²) in [5.41, 5.74) is -0.0946. The Kier molecular flexibility index (Phi) is 5.27. The van der Waals surface area contributed by atoms with E-state index < -0.39 is 17.8 Å². The van der Waals surface area contributed by atoms with Crippen molar-refractivity contribution in [2.45, 2.75) is 13.0 Å². The molecule has 0 spiro atoms. The number of hydrogen-bond acceptors (Lipinski definition) is 3. The normalized spacial score (nSPS) is 11.3. The van der Waals surface area contributed by atoms with Gasteiger partial charge in [0.1, 0.15) is 11.9 Å². The molecule has 0 heterocycles. The van der Waals surface area contributed by atoms with Crippen molar-refractivity contribution < 1.29 is 14.0 Å². The Morgan fingerprint density at radius 1 is 1.53 bits per heavy atom. The summed E-state index contributed by atoms with van der Waals surface area (Å²) >= 11 is 5.80. The molecule has 1 aromatic carbocycles. The highest BCUT2D eigenvalue weighted by Gasteiger charge is 2.20. The van der Waals surface area contributed by atoms with Crippen LogP contribution < -0.4 is 10.6 Å². The summed E-state index contributed by atoms with van der Waals surface area (Å²) < 4.78 is 13.6. The summed E-state index contributed by atoms with van der Waals surface area (Å²) in [7, 11) is 0. The molecule has 1 rings (SSSR count). The molecule has 1 unspecified atom stereocenters. The molecule has 100 valence electrons. The van der Waals surface area contributed by atoms with E-state index in [0.717, 1.165) is 6.07 Å². The number of nitrogens with one attached hydrogen (secondary N) is 2. The molecule has 7 heteroatoms. The summed E-state index contributed by atoms with van der Waals surface area (Å²) in [6.45, 7) is 0.961. The first-order chi connectivity index (χ1) is 8.95. The van der Waals surface area contributed by atoms with E-state index in [2.05, 4.69) is 10.6 Å². The van der Waals surface area contributed by atoms with Gasteiger partial charge >= 0.3 is 0 Å². The predicted octanol–water partition coefficient (Wildman–Crippen LogP) is 1.30. The largest absolute Gasteiger partial charge is 0.347 e. The van der Waals surface area contributed by atoms with E-state index >= 15 is 0 Å². The van der Waals surface area contributed by atoms with E-state index in [1.165, 1.54) is 19.1 Å². The van der Waals surface area contributed by atoms with Gasteiger partial charge in [-0.15, -0.1) is 0 Å². The Bertz CT molecular complexity index is 522. The lowest BCUT2D eigenvalue weighted by Crippen LogP contribution is -2.37. The van der Waals surface area contributed by atoms with Crippen LogP contribution in [0, 0.1) is 17.1 Å². The molecule has 2 amide bonds. The summed E-state index contributed by atoms with van der Waals surface area (Å²) in [4.78, 5) is 22.1. The van der Waals surface area contributed by atoms with Crippen LogP contribution >= 0.6 is 11.6 Å². The molecule has 0 fully saturated rings. The predicted molar refractivity (Wildman–Crippen MR) is 66.6 cm³/mol. The van der Waals surface area contributed by atoms with Gasteiger partial charge in [0, 0.05) is 17.5 Å². The summed E-state index contributed by atoms with van der Waals surface area (Å²) in [6, 6.07) is 4.50. The maximum atomic E-state index is 13.6. The van der Waals surface area contributed by atoms with Crippen LogP contribution in [-0.2, 0) is 9.59 Å². The zero-order valence-corrected chi connectivity index (χ0v) is 10.8. The quantitative estimate of drug-likeness (QED) is 0.874. The molecule has 0 aliphatic heterocycles. The molecule has 1 aromatic rings. The number of carbonyl (C=O) groups is 2. The van der Waals surface area contributed by atoms with E-state index in [1.807, 2.05) is 0 Å². The average molecular weight is 284 g/mol. The first-order valence-electron chi connectivity index (χ1n) is 5.33. The first-order valence-corrected chi connectivity index (χ1v) is 5.70. The van der Waals surface area contributed by atoms with Gasteiger partial charge in [0.2, 0.25) is 11.8 Å². The molecule has 0 aliphatic carbocycles. The number of rotatable bonds is 4. The monoisotopic (exact) mass is 283 g/mol. The number of halogens is 2. The van der Waals surface area contributed by atoms with Gasteiger partial charge in [0.05, 0.1) is 12.6 Å². The molecule has 0 saturated heterocycles. The fourth-order valence-corrected chi connectivity index (χ4v) is 1.64. The van der Waals surface area contributed by atoms with E-state index in [0.29, 0.717) is 0 Å². The minimum Gasteiger partial charge on any atom is -0.347 e. The van der Waals surface area contributed by atoms with Crippen LogP contribution in [0.1, 0.15) is 18.5 Å². The Morgan fingerprint density at radius 3 is 2.74 bits per heavy atom. The molecule has 0 radical (unpaired) electrons. The van der Waals surface area contributed by atoms with Gasteiger partial charge in [-0.3, -0.25) is 9.59 Å². The van der Waals surface area contributed by atoms with Crippen LogP contribution in [0.3, 0.4) is 0 Å². The van der Waals surface area contributed by atoms with Crippen molar-refractivity contribution in [3.8, 4) is 6.07 Å². The standard InChI is InChI=1S/C12H11ClFN3O2/c1-7(18)16-6-11(19)17-10(5-15)12-8(13)3-2-4-9(12)14/h2-4,10H,6H2,1H3,(H,16,18)(H,17,19). The Balaban J connectivity index is 2.82. The maximum absolute atomic E-state index is 13.6. The van der Waals surface area contributed by atoms with Crippen LogP contribution in [0.15, 0.2) is 18.2 Å². The van der Waals surface area contributed by atoms with Gasteiger partial charge in [0.15, 0.2) is 0 Å². The highest BCUT2D eigenvalue weighted by molar-refractivity contribution is 6.31. The SMILES string of the molecule is CC(=O)NCC(=O)NC(C#N)c1c(F)cccc1Cl. The van der Waals surface area contributed by atoms with Crippen molar-refractivity contribution in [1.29, 1.82) is 5.26 Å². The van der Waals surface area contributed by atoms with Crippen LogP contribution in [-0.4, -0.2) is 18.4 Å². The summed E-state index contributed by atoms with van der Waals surface area (Å²) in [5, 5.41) is 13.6. The van der Waals surface area contributed by atoms with E-state index in [-0.39, 0.29) is 23.0 Å². The lowest BCUT2D eigenvalue weighted by atomic mass is 10.1. The Morgan fingerprint density at radius 2 is 2.21 bits per heavy atom. The molecule has 0 bridgehead atoms. The summed E-state index contributed by atoms with van der Waals surface area (Å²) in [6.07, 6.45) is 0. The van der Waals surface area contributed by atoms with Gasteiger partial charge in [-0.1, -0.05) is 17.7 Å². The average Bonchev–Trinajstić information content (AvgIpc) is 2.34. The van der Waals surface area contributed by atoms with Crippen LogP contribution in [0.2, 0.25) is 5.02 Å². The summed E-state index contributed by atoms with van der Waals surface area (Å²) in [5.74, 6) is -1.67. The number of nitriles is 1. The number of carbonyl (C=O) groups excluding carboxylic acids is 2. The number of amides is 2. The smallest absolute Gasteiger partial charge is 0.240 e. The fraction of sp³-hybridized carbons (Fsp3) is 0.250. The van der Waals surface area contributed by atoms with Gasteiger partial charge in [-0.05, 0) is 12.1 Å². The second kappa shape index (κ2) is 6.71. The Hall–Kier alpha value is -2.13. The van der Waals surface area contributed by atoms with Gasteiger partial charge < -0.3 is 10.6 Å². The number of benzene rings is 1.